The van der Waals surface area contributed by atoms with Crippen LogP contribution in [0.5, 0.6) is 0 Å². The van der Waals surface area contributed by atoms with Crippen molar-refractivity contribution in [1.29, 1.82) is 0 Å². The van der Waals surface area contributed by atoms with Gasteiger partial charge in [0, 0.05) is 17.7 Å². The van der Waals surface area contributed by atoms with Crippen LogP contribution in [0.3, 0.4) is 0 Å². The quantitative estimate of drug-likeness (QED) is 0.180. The predicted molar refractivity (Wildman–Crippen MR) is 137 cm³/mol. The topological polar surface area (TPSA) is 130 Å². The summed E-state index contributed by atoms with van der Waals surface area (Å²) < 4.78 is 1.24. The number of nitrogens with one attached hydrogen (secondary N) is 2. The van der Waals surface area contributed by atoms with E-state index in [1.54, 1.807) is 24.3 Å². The first-order valence-electron chi connectivity index (χ1n) is 11.4. The number of urea groups is 1. The molecular formula is C27H21N5O5. The molecule has 0 unspecified atom stereocenters. The van der Waals surface area contributed by atoms with Crippen LogP contribution in [0, 0.1) is 17.0 Å². The number of H-pyrrole nitrogens is 1. The van der Waals surface area contributed by atoms with Gasteiger partial charge in [-0.25, -0.2) is 9.48 Å². The van der Waals surface area contributed by atoms with Crippen molar-refractivity contribution in [2.45, 2.75) is 13.5 Å². The van der Waals surface area contributed by atoms with Gasteiger partial charge in [0.05, 0.1) is 28.4 Å². The van der Waals surface area contributed by atoms with Gasteiger partial charge >= 0.3 is 6.03 Å². The Labute approximate surface area is 210 Å². The molecule has 37 heavy (non-hydrogen) atoms. The predicted octanol–water partition coefficient (Wildman–Crippen LogP) is 4.14. The van der Waals surface area contributed by atoms with Crippen LogP contribution in [0.25, 0.3) is 23.0 Å². The lowest BCUT2D eigenvalue weighted by Crippen LogP contribution is -2.30. The van der Waals surface area contributed by atoms with Crippen molar-refractivity contribution in [2.75, 3.05) is 0 Å². The van der Waals surface area contributed by atoms with Crippen molar-refractivity contribution in [3.8, 4) is 16.9 Å². The minimum Gasteiger partial charge on any atom is -0.303 e. The lowest BCUT2D eigenvalue weighted by molar-refractivity contribution is -0.384. The third-order valence-corrected chi connectivity index (χ3v) is 5.98. The van der Waals surface area contributed by atoms with Crippen molar-refractivity contribution in [3.63, 3.8) is 0 Å². The number of nitrogens with zero attached hydrogens (tertiary/aromatic N) is 3. The summed E-state index contributed by atoms with van der Waals surface area (Å²) in [4.78, 5) is 50.8. The Morgan fingerprint density at radius 2 is 1.68 bits per heavy atom. The number of non-ortho nitro benzene ring substituents is 1. The number of imide groups is 1. The number of carbonyl (C=O) groups is 2. The molecule has 0 aliphatic carbocycles. The highest BCUT2D eigenvalue weighted by Gasteiger charge is 2.34. The van der Waals surface area contributed by atoms with Crippen LogP contribution in [-0.4, -0.2) is 31.5 Å². The third kappa shape index (κ3) is 4.55. The number of carbonyl (C=O) groups excluding carboxylic acids is 2. The first kappa shape index (κ1) is 23.5. The van der Waals surface area contributed by atoms with Gasteiger partial charge in [-0.15, -0.1) is 0 Å². The Hall–Kier alpha value is -5.25. The zero-order valence-corrected chi connectivity index (χ0v) is 19.7. The number of nitro benzene ring substituents is 1. The first-order valence-corrected chi connectivity index (χ1v) is 11.4. The molecule has 2 heterocycles. The SMILES string of the molecule is Cc1cccc(CN2C(=O)N/C(=C\c3c(-c4ccccc4)[nH]n(-c4ccc([N+](=O)[O-])cc4)c3=O)C2=O)c1. The molecule has 0 bridgehead atoms. The monoisotopic (exact) mass is 495 g/mol. The van der Waals surface area contributed by atoms with E-state index in [-0.39, 0.29) is 23.5 Å². The van der Waals surface area contributed by atoms with Gasteiger partial charge in [0.2, 0.25) is 0 Å². The highest BCUT2D eigenvalue weighted by Crippen LogP contribution is 2.25. The molecule has 4 aromatic rings. The molecule has 3 amide bonds. The smallest absolute Gasteiger partial charge is 0.303 e. The van der Waals surface area contributed by atoms with Gasteiger partial charge in [-0.3, -0.25) is 29.7 Å². The van der Waals surface area contributed by atoms with E-state index in [0.717, 1.165) is 16.0 Å². The Balaban J connectivity index is 1.56. The Bertz CT molecular complexity index is 1620. The van der Waals surface area contributed by atoms with Crippen LogP contribution < -0.4 is 10.9 Å². The van der Waals surface area contributed by atoms with Crippen LogP contribution in [0.15, 0.2) is 89.4 Å². The van der Waals surface area contributed by atoms with Crippen molar-refractivity contribution < 1.29 is 14.5 Å². The molecule has 1 saturated heterocycles. The number of hydrogen-bond donors (Lipinski definition) is 2. The van der Waals surface area contributed by atoms with Gasteiger partial charge in [-0.2, -0.15) is 0 Å². The number of nitro groups is 1. The molecule has 0 saturated carbocycles. The van der Waals surface area contributed by atoms with E-state index in [1.807, 2.05) is 37.3 Å². The van der Waals surface area contributed by atoms with Gasteiger partial charge < -0.3 is 5.32 Å². The summed E-state index contributed by atoms with van der Waals surface area (Å²) in [5.41, 5.74) is 2.83. The van der Waals surface area contributed by atoms with E-state index in [2.05, 4.69) is 10.4 Å². The molecule has 0 atom stereocenters. The molecule has 0 spiro atoms. The van der Waals surface area contributed by atoms with Gasteiger partial charge in [0.1, 0.15) is 5.70 Å². The number of rotatable bonds is 6. The highest BCUT2D eigenvalue weighted by atomic mass is 16.6. The van der Waals surface area contributed by atoms with Crippen molar-refractivity contribution in [2.24, 2.45) is 0 Å². The molecule has 0 radical (unpaired) electrons. The zero-order chi connectivity index (χ0) is 26.1. The maximum absolute atomic E-state index is 13.5. The maximum Gasteiger partial charge on any atom is 0.329 e. The average molecular weight is 495 g/mol. The Kier molecular flexibility index (Phi) is 5.98. The lowest BCUT2D eigenvalue weighted by Gasteiger charge is -2.12. The fraction of sp³-hybridized carbons (Fsp3) is 0.0741. The van der Waals surface area contributed by atoms with E-state index < -0.39 is 22.4 Å². The number of hydrogen-bond acceptors (Lipinski definition) is 5. The fourth-order valence-electron chi connectivity index (χ4n) is 4.17. The van der Waals surface area contributed by atoms with Crippen LogP contribution >= 0.6 is 0 Å². The van der Waals surface area contributed by atoms with Gasteiger partial charge in [-0.05, 0) is 30.7 Å². The first-order chi connectivity index (χ1) is 17.8. The van der Waals surface area contributed by atoms with Gasteiger partial charge in [-0.1, -0.05) is 60.2 Å². The molecule has 10 nitrogen and oxygen atoms in total. The Morgan fingerprint density at radius 1 is 0.946 bits per heavy atom. The van der Waals surface area contributed by atoms with E-state index in [1.165, 1.54) is 35.0 Å². The van der Waals surface area contributed by atoms with Gasteiger partial charge in [0.25, 0.3) is 17.2 Å². The zero-order valence-electron chi connectivity index (χ0n) is 19.7. The number of amides is 3. The summed E-state index contributed by atoms with van der Waals surface area (Å²) in [6.45, 7) is 2.02. The summed E-state index contributed by atoms with van der Waals surface area (Å²) in [6, 6.07) is 21.5. The van der Waals surface area contributed by atoms with Crippen molar-refractivity contribution in [1.82, 2.24) is 20.0 Å². The minimum atomic E-state index is -0.578. The molecule has 3 aromatic carbocycles. The van der Waals surface area contributed by atoms with E-state index in [4.69, 9.17) is 0 Å². The standard InChI is InChI=1S/C27H21N5O5/c1-17-6-5-7-18(14-17)16-30-26(34)23(28-27(30)35)15-22-24(19-8-3-2-4-9-19)29-31(25(22)33)20-10-12-21(13-11-20)32(36)37/h2-15,29H,16H2,1H3,(H,28,35)/b23-15-. The number of aromatic nitrogens is 2. The average Bonchev–Trinajstić information content (AvgIpc) is 3.35. The molecular weight excluding hydrogens is 474 g/mol. The maximum atomic E-state index is 13.5. The summed E-state index contributed by atoms with van der Waals surface area (Å²) in [5.74, 6) is -0.548. The third-order valence-electron chi connectivity index (χ3n) is 5.98. The summed E-state index contributed by atoms with van der Waals surface area (Å²) >= 11 is 0. The molecule has 2 N–H and O–H groups in total. The van der Waals surface area contributed by atoms with Crippen molar-refractivity contribution in [3.05, 3.63) is 122 Å². The normalized spacial score (nSPS) is 14.3. The second-order valence-electron chi connectivity index (χ2n) is 8.55. The molecule has 184 valence electrons. The van der Waals surface area contributed by atoms with Crippen LogP contribution in [0.2, 0.25) is 0 Å². The van der Waals surface area contributed by atoms with E-state index >= 15 is 0 Å². The van der Waals surface area contributed by atoms with E-state index in [0.29, 0.717) is 16.9 Å². The molecule has 1 aliphatic rings. The second kappa shape index (κ2) is 9.42. The number of aryl methyl sites for hydroxylation is 1. The summed E-state index contributed by atoms with van der Waals surface area (Å²) in [6.07, 6.45) is 1.36. The van der Waals surface area contributed by atoms with Crippen LogP contribution in [0.1, 0.15) is 16.7 Å². The largest absolute Gasteiger partial charge is 0.329 e. The van der Waals surface area contributed by atoms with E-state index in [9.17, 15) is 24.5 Å². The van der Waals surface area contributed by atoms with Gasteiger partial charge in [0.15, 0.2) is 0 Å². The number of aromatic amines is 1. The van der Waals surface area contributed by atoms with Crippen LogP contribution in [0.4, 0.5) is 10.5 Å². The van der Waals surface area contributed by atoms with Crippen LogP contribution in [-0.2, 0) is 11.3 Å². The Morgan fingerprint density at radius 3 is 2.35 bits per heavy atom. The molecule has 1 aromatic heterocycles. The minimum absolute atomic E-state index is 0.0261. The highest BCUT2D eigenvalue weighted by molar-refractivity contribution is 6.14. The molecule has 1 fully saturated rings. The number of benzene rings is 3. The van der Waals surface area contributed by atoms with Crippen molar-refractivity contribution >= 4 is 23.7 Å². The lowest BCUT2D eigenvalue weighted by atomic mass is 10.1. The molecule has 5 rings (SSSR count). The molecule has 1 aliphatic heterocycles. The molecule has 10 heteroatoms. The fourth-order valence-corrected chi connectivity index (χ4v) is 4.17. The second-order valence-corrected chi connectivity index (χ2v) is 8.55. The summed E-state index contributed by atoms with van der Waals surface area (Å²) in [5, 5.41) is 16.6. The summed E-state index contributed by atoms with van der Waals surface area (Å²) in [7, 11) is 0.